The van der Waals surface area contributed by atoms with Crippen molar-refractivity contribution in [1.29, 1.82) is 0 Å². The zero-order chi connectivity index (χ0) is 9.19. The van der Waals surface area contributed by atoms with Gasteiger partial charge in [0.2, 0.25) is 0 Å². The highest BCUT2D eigenvalue weighted by molar-refractivity contribution is 8.14. The van der Waals surface area contributed by atoms with Crippen molar-refractivity contribution in [3.63, 3.8) is 0 Å². The second-order valence-electron chi connectivity index (χ2n) is 2.64. The Morgan fingerprint density at radius 3 is 2.75 bits per heavy atom. The largest absolute Gasteiger partial charge is 0.287 e. The molecule has 0 bridgehead atoms. The van der Waals surface area contributed by atoms with Crippen LogP contribution in [0.1, 0.15) is 6.42 Å². The van der Waals surface area contributed by atoms with Gasteiger partial charge in [-0.2, -0.15) is 8.42 Å². The molecule has 0 amide bonds. The summed E-state index contributed by atoms with van der Waals surface area (Å²) in [6.45, 7) is 0.00463. The number of carbonyl (C=O) groups excluding carboxylic acids is 1. The molecule has 1 heterocycles. The summed E-state index contributed by atoms with van der Waals surface area (Å²) in [5.41, 5.74) is 0. The SMILES string of the molecule is CS(=O)(=O)OC[C@H]1CCSC1=O. The summed E-state index contributed by atoms with van der Waals surface area (Å²) >= 11 is 1.24. The van der Waals surface area contributed by atoms with E-state index in [9.17, 15) is 13.2 Å². The molecule has 0 aromatic carbocycles. The molecule has 0 spiro atoms. The van der Waals surface area contributed by atoms with Crippen molar-refractivity contribution < 1.29 is 17.4 Å². The summed E-state index contributed by atoms with van der Waals surface area (Å²) in [6.07, 6.45) is 1.71. The molecule has 12 heavy (non-hydrogen) atoms. The van der Waals surface area contributed by atoms with Gasteiger partial charge >= 0.3 is 0 Å². The van der Waals surface area contributed by atoms with Crippen molar-refractivity contribution in [2.45, 2.75) is 6.42 Å². The summed E-state index contributed by atoms with van der Waals surface area (Å²) < 4.78 is 25.6. The van der Waals surface area contributed by atoms with E-state index in [0.29, 0.717) is 0 Å². The van der Waals surface area contributed by atoms with Gasteiger partial charge in [0, 0.05) is 5.75 Å². The predicted octanol–water partition coefficient (Wildman–Crippen LogP) is 0.242. The quantitative estimate of drug-likeness (QED) is 0.625. The molecule has 1 rings (SSSR count). The molecule has 1 aliphatic rings. The van der Waals surface area contributed by atoms with Crippen LogP contribution in [0, 0.1) is 5.92 Å². The Morgan fingerprint density at radius 1 is 1.67 bits per heavy atom. The smallest absolute Gasteiger partial charge is 0.264 e. The predicted molar refractivity (Wildman–Crippen MR) is 46.4 cm³/mol. The van der Waals surface area contributed by atoms with Gasteiger partial charge in [0.1, 0.15) is 0 Å². The van der Waals surface area contributed by atoms with E-state index in [4.69, 9.17) is 0 Å². The van der Waals surface area contributed by atoms with Crippen LogP contribution < -0.4 is 0 Å². The Kier molecular flexibility index (Phi) is 3.14. The Balaban J connectivity index is 2.37. The summed E-state index contributed by atoms with van der Waals surface area (Å²) in [7, 11) is -3.40. The minimum absolute atomic E-state index is 0.00463. The molecular formula is C6H10O4S2. The molecule has 0 unspecified atom stereocenters. The molecule has 1 fully saturated rings. The minimum atomic E-state index is -3.40. The van der Waals surface area contributed by atoms with Crippen LogP contribution in [-0.2, 0) is 19.1 Å². The second kappa shape index (κ2) is 3.76. The average molecular weight is 210 g/mol. The molecule has 6 heteroatoms. The van der Waals surface area contributed by atoms with Gasteiger partial charge in [-0.25, -0.2) is 0 Å². The van der Waals surface area contributed by atoms with E-state index in [0.717, 1.165) is 18.4 Å². The van der Waals surface area contributed by atoms with E-state index >= 15 is 0 Å². The molecule has 1 saturated heterocycles. The lowest BCUT2D eigenvalue weighted by Gasteiger charge is -2.04. The Morgan fingerprint density at radius 2 is 2.33 bits per heavy atom. The highest BCUT2D eigenvalue weighted by Crippen LogP contribution is 2.25. The van der Waals surface area contributed by atoms with Gasteiger partial charge in [-0.3, -0.25) is 8.98 Å². The van der Waals surface area contributed by atoms with Gasteiger partial charge in [-0.1, -0.05) is 11.8 Å². The maximum Gasteiger partial charge on any atom is 0.264 e. The van der Waals surface area contributed by atoms with Crippen LogP contribution in [0.15, 0.2) is 0 Å². The third kappa shape index (κ3) is 3.12. The third-order valence-corrected chi connectivity index (χ3v) is 3.15. The van der Waals surface area contributed by atoms with Crippen LogP contribution >= 0.6 is 11.8 Å². The monoisotopic (exact) mass is 210 g/mol. The molecule has 0 radical (unpaired) electrons. The Bertz CT molecular complexity index is 269. The number of rotatable bonds is 3. The maximum absolute atomic E-state index is 11.0. The van der Waals surface area contributed by atoms with Crippen molar-refractivity contribution in [2.24, 2.45) is 5.92 Å². The number of hydrogen-bond acceptors (Lipinski definition) is 5. The Hall–Kier alpha value is -0.0700. The summed E-state index contributed by atoms with van der Waals surface area (Å²) in [5, 5.41) is 0.0404. The molecule has 0 N–H and O–H groups in total. The molecular weight excluding hydrogens is 200 g/mol. The lowest BCUT2D eigenvalue weighted by atomic mass is 10.1. The van der Waals surface area contributed by atoms with Crippen LogP contribution in [0.2, 0.25) is 0 Å². The van der Waals surface area contributed by atoms with E-state index in [1.54, 1.807) is 0 Å². The normalized spacial score (nSPS) is 24.8. The zero-order valence-electron chi connectivity index (χ0n) is 6.65. The second-order valence-corrected chi connectivity index (χ2v) is 5.38. The Labute approximate surface area is 75.8 Å². The average Bonchev–Trinajstić information content (AvgIpc) is 2.29. The molecule has 0 aliphatic carbocycles. The van der Waals surface area contributed by atoms with Crippen LogP contribution in [-0.4, -0.2) is 32.1 Å². The minimum Gasteiger partial charge on any atom is -0.287 e. The van der Waals surface area contributed by atoms with Crippen molar-refractivity contribution >= 4 is 27.0 Å². The third-order valence-electron chi connectivity index (χ3n) is 1.53. The van der Waals surface area contributed by atoms with E-state index in [2.05, 4.69) is 4.18 Å². The first-order valence-corrected chi connectivity index (χ1v) is 6.30. The van der Waals surface area contributed by atoms with Crippen LogP contribution in [0.3, 0.4) is 0 Å². The number of carbonyl (C=O) groups is 1. The highest BCUT2D eigenvalue weighted by atomic mass is 32.2. The fourth-order valence-corrected chi connectivity index (χ4v) is 2.33. The number of hydrogen-bond donors (Lipinski definition) is 0. The molecule has 1 atom stereocenters. The van der Waals surface area contributed by atoms with Crippen molar-refractivity contribution in [1.82, 2.24) is 0 Å². The van der Waals surface area contributed by atoms with Crippen molar-refractivity contribution in [2.75, 3.05) is 18.6 Å². The molecule has 0 aromatic heterocycles. The van der Waals surface area contributed by atoms with Gasteiger partial charge in [0.25, 0.3) is 10.1 Å². The van der Waals surface area contributed by atoms with Crippen LogP contribution in [0.25, 0.3) is 0 Å². The van der Waals surface area contributed by atoms with E-state index in [1.807, 2.05) is 0 Å². The van der Waals surface area contributed by atoms with Crippen LogP contribution in [0.5, 0.6) is 0 Å². The summed E-state index contributed by atoms with van der Waals surface area (Å²) in [6, 6.07) is 0. The van der Waals surface area contributed by atoms with Gasteiger partial charge in [0.05, 0.1) is 18.8 Å². The number of thioether (sulfide) groups is 1. The van der Waals surface area contributed by atoms with Crippen LogP contribution in [0.4, 0.5) is 0 Å². The van der Waals surface area contributed by atoms with Gasteiger partial charge in [-0.15, -0.1) is 0 Å². The van der Waals surface area contributed by atoms with E-state index in [1.165, 1.54) is 11.8 Å². The van der Waals surface area contributed by atoms with Crippen molar-refractivity contribution in [3.05, 3.63) is 0 Å². The summed E-state index contributed by atoms with van der Waals surface area (Å²) in [5.74, 6) is 0.543. The standard InChI is InChI=1S/C6H10O4S2/c1-12(8,9)10-4-5-2-3-11-6(5)7/h5H,2-4H2,1H3/t5-/m1/s1. The first kappa shape index (κ1) is 10.0. The zero-order valence-corrected chi connectivity index (χ0v) is 8.28. The first-order chi connectivity index (χ1) is 5.49. The molecule has 70 valence electrons. The molecule has 0 aromatic rings. The topological polar surface area (TPSA) is 60.4 Å². The van der Waals surface area contributed by atoms with Crippen molar-refractivity contribution in [3.8, 4) is 0 Å². The van der Waals surface area contributed by atoms with Gasteiger partial charge < -0.3 is 0 Å². The van der Waals surface area contributed by atoms with Gasteiger partial charge in [-0.05, 0) is 6.42 Å². The maximum atomic E-state index is 11.0. The summed E-state index contributed by atoms with van der Waals surface area (Å²) in [4.78, 5) is 11.0. The first-order valence-electron chi connectivity index (χ1n) is 3.50. The lowest BCUT2D eigenvalue weighted by Crippen LogP contribution is -2.15. The fraction of sp³-hybridized carbons (Fsp3) is 0.833. The fourth-order valence-electron chi connectivity index (χ4n) is 0.895. The van der Waals surface area contributed by atoms with E-state index < -0.39 is 10.1 Å². The molecule has 1 aliphatic heterocycles. The molecule has 4 nitrogen and oxygen atoms in total. The van der Waals surface area contributed by atoms with Gasteiger partial charge in [0.15, 0.2) is 5.12 Å². The highest BCUT2D eigenvalue weighted by Gasteiger charge is 2.26. The van der Waals surface area contributed by atoms with E-state index in [-0.39, 0.29) is 17.6 Å². The molecule has 0 saturated carbocycles. The lowest BCUT2D eigenvalue weighted by molar-refractivity contribution is -0.114.